The number of rotatable bonds is 3. The molecular formula is C17H22N6O2. The summed E-state index contributed by atoms with van der Waals surface area (Å²) < 4.78 is 1.55. The van der Waals surface area contributed by atoms with Crippen LogP contribution < -0.4 is 5.73 Å². The molecule has 8 heteroatoms. The summed E-state index contributed by atoms with van der Waals surface area (Å²) in [6.45, 7) is 1.74. The summed E-state index contributed by atoms with van der Waals surface area (Å²) >= 11 is 0. The molecule has 2 aliphatic rings. The van der Waals surface area contributed by atoms with Crippen molar-refractivity contribution in [2.45, 2.75) is 43.4 Å². The van der Waals surface area contributed by atoms with Crippen molar-refractivity contribution >= 4 is 5.91 Å². The van der Waals surface area contributed by atoms with E-state index in [-0.39, 0.29) is 17.4 Å². The van der Waals surface area contributed by atoms with Crippen molar-refractivity contribution in [2.75, 3.05) is 13.1 Å². The van der Waals surface area contributed by atoms with Crippen LogP contribution in [0.4, 0.5) is 0 Å². The van der Waals surface area contributed by atoms with Gasteiger partial charge in [0.1, 0.15) is 6.33 Å². The Morgan fingerprint density at radius 2 is 2.08 bits per heavy atom. The maximum Gasteiger partial charge on any atom is 0.224 e. The minimum atomic E-state index is -0.594. The fraction of sp³-hybridized carbons (Fsp3) is 0.529. The van der Waals surface area contributed by atoms with E-state index in [4.69, 9.17) is 5.73 Å². The second kappa shape index (κ2) is 6.20. The van der Waals surface area contributed by atoms with E-state index in [1.165, 1.54) is 6.33 Å². The topological polar surface area (TPSA) is 110 Å². The van der Waals surface area contributed by atoms with Gasteiger partial charge in [0.2, 0.25) is 5.91 Å². The average molecular weight is 342 g/mol. The smallest absolute Gasteiger partial charge is 0.224 e. The Balaban J connectivity index is 1.43. The largest absolute Gasteiger partial charge is 0.390 e. The van der Waals surface area contributed by atoms with Crippen LogP contribution in [-0.2, 0) is 16.8 Å². The number of likely N-dealkylation sites (tertiary alicyclic amines) is 1. The Morgan fingerprint density at radius 1 is 1.32 bits per heavy atom. The van der Waals surface area contributed by atoms with Gasteiger partial charge in [-0.15, -0.1) is 5.10 Å². The Kier molecular flexibility index (Phi) is 4.01. The van der Waals surface area contributed by atoms with Crippen LogP contribution in [0.5, 0.6) is 0 Å². The fourth-order valence-corrected chi connectivity index (χ4v) is 4.29. The van der Waals surface area contributed by atoms with Gasteiger partial charge in [-0.25, -0.2) is 4.68 Å². The Morgan fingerprint density at radius 3 is 2.80 bits per heavy atom. The molecule has 0 radical (unpaired) electrons. The number of tetrazole rings is 1. The predicted octanol–water partition coefficient (Wildman–Crippen LogP) is -0.00210. The van der Waals surface area contributed by atoms with Crippen molar-refractivity contribution in [3.8, 4) is 0 Å². The summed E-state index contributed by atoms with van der Waals surface area (Å²) in [5, 5.41) is 21.7. The van der Waals surface area contributed by atoms with E-state index in [2.05, 4.69) is 21.6 Å². The van der Waals surface area contributed by atoms with E-state index < -0.39 is 6.10 Å². The van der Waals surface area contributed by atoms with Crippen LogP contribution in [0, 0.1) is 0 Å². The molecule has 2 atom stereocenters. The number of nitrogens with zero attached hydrogens (tertiary/aromatic N) is 5. The molecule has 1 aliphatic carbocycles. The van der Waals surface area contributed by atoms with Crippen LogP contribution in [0.1, 0.15) is 36.4 Å². The number of aryl methyl sites for hydroxylation is 1. The molecule has 1 aliphatic heterocycles. The van der Waals surface area contributed by atoms with Gasteiger partial charge in [0.25, 0.3) is 0 Å². The molecule has 132 valence electrons. The van der Waals surface area contributed by atoms with Gasteiger partial charge in [0, 0.05) is 24.9 Å². The van der Waals surface area contributed by atoms with Crippen molar-refractivity contribution < 1.29 is 9.90 Å². The molecule has 1 amide bonds. The van der Waals surface area contributed by atoms with E-state index in [0.717, 1.165) is 24.0 Å². The maximum atomic E-state index is 12.4. The van der Waals surface area contributed by atoms with E-state index in [9.17, 15) is 9.90 Å². The molecule has 2 aromatic rings. The zero-order chi connectivity index (χ0) is 17.4. The lowest BCUT2D eigenvalue weighted by Crippen LogP contribution is -2.50. The van der Waals surface area contributed by atoms with Gasteiger partial charge < -0.3 is 15.7 Å². The lowest BCUT2D eigenvalue weighted by atomic mass is 9.72. The van der Waals surface area contributed by atoms with Gasteiger partial charge in [-0.3, -0.25) is 4.79 Å². The fourth-order valence-electron chi connectivity index (χ4n) is 4.29. The number of nitrogens with two attached hydrogens (primary N) is 1. The highest BCUT2D eigenvalue weighted by Gasteiger charge is 2.51. The number of aliphatic hydroxyl groups excluding tert-OH is 1. The molecule has 1 aromatic carbocycles. The summed E-state index contributed by atoms with van der Waals surface area (Å²) in [5.74, 6) is 0.0930. The molecule has 1 spiro atoms. The highest BCUT2D eigenvalue weighted by Crippen LogP contribution is 2.49. The predicted molar refractivity (Wildman–Crippen MR) is 89.3 cm³/mol. The van der Waals surface area contributed by atoms with E-state index in [1.54, 1.807) is 4.68 Å². The summed E-state index contributed by atoms with van der Waals surface area (Å²) in [6.07, 6.45) is 2.75. The standard InChI is InChI=1S/C17H22N6O2/c18-15-12-3-1-2-4-13(12)17(16(15)25)6-9-22(10-7-17)14(24)5-8-23-11-19-20-21-23/h1-4,11,15-16,25H,5-10,18H2/t15-,16+/m1/s1. The van der Waals surface area contributed by atoms with E-state index >= 15 is 0 Å². The number of carbonyl (C=O) groups is 1. The summed E-state index contributed by atoms with van der Waals surface area (Å²) in [4.78, 5) is 14.3. The minimum absolute atomic E-state index is 0.0930. The van der Waals surface area contributed by atoms with Crippen molar-refractivity contribution in [3.63, 3.8) is 0 Å². The molecule has 0 unspecified atom stereocenters. The molecule has 1 fully saturated rings. The van der Waals surface area contributed by atoms with Gasteiger partial charge >= 0.3 is 0 Å². The molecule has 8 nitrogen and oxygen atoms in total. The summed E-state index contributed by atoms with van der Waals surface area (Å²) in [6, 6.07) is 7.68. The number of hydrogen-bond acceptors (Lipinski definition) is 6. The second-order valence-corrected chi connectivity index (χ2v) is 6.92. The number of aromatic nitrogens is 4. The second-order valence-electron chi connectivity index (χ2n) is 6.92. The summed E-state index contributed by atoms with van der Waals surface area (Å²) in [5.41, 5.74) is 8.09. The average Bonchev–Trinajstić information content (AvgIpc) is 3.24. The third-order valence-corrected chi connectivity index (χ3v) is 5.72. The van der Waals surface area contributed by atoms with Gasteiger partial charge in [0.05, 0.1) is 18.7 Å². The first-order chi connectivity index (χ1) is 12.1. The molecule has 0 saturated carbocycles. The van der Waals surface area contributed by atoms with Crippen LogP contribution in [0.3, 0.4) is 0 Å². The molecule has 3 N–H and O–H groups in total. The molecule has 1 saturated heterocycles. The normalized spacial score (nSPS) is 24.5. The molecule has 1 aromatic heterocycles. The van der Waals surface area contributed by atoms with Crippen molar-refractivity contribution in [2.24, 2.45) is 5.73 Å². The van der Waals surface area contributed by atoms with E-state index in [1.807, 2.05) is 23.1 Å². The number of hydrogen-bond donors (Lipinski definition) is 2. The number of amides is 1. The quantitative estimate of drug-likeness (QED) is 0.812. The van der Waals surface area contributed by atoms with Crippen LogP contribution in [-0.4, -0.2) is 55.3 Å². The molecular weight excluding hydrogens is 320 g/mol. The van der Waals surface area contributed by atoms with Crippen molar-refractivity contribution in [3.05, 3.63) is 41.7 Å². The first-order valence-corrected chi connectivity index (χ1v) is 8.63. The van der Waals surface area contributed by atoms with Gasteiger partial charge in [-0.1, -0.05) is 24.3 Å². The minimum Gasteiger partial charge on any atom is -0.390 e. The van der Waals surface area contributed by atoms with Crippen LogP contribution >= 0.6 is 0 Å². The zero-order valence-electron chi connectivity index (χ0n) is 14.0. The Hall–Kier alpha value is -2.32. The van der Waals surface area contributed by atoms with Crippen LogP contribution in [0.25, 0.3) is 0 Å². The molecule has 2 heterocycles. The van der Waals surface area contributed by atoms with Crippen molar-refractivity contribution in [1.29, 1.82) is 0 Å². The SMILES string of the molecule is N[C@@H]1c2ccccc2C2(CCN(C(=O)CCn3cnnn3)CC2)[C@H]1O. The van der Waals surface area contributed by atoms with Gasteiger partial charge in [0.15, 0.2) is 0 Å². The van der Waals surface area contributed by atoms with Gasteiger partial charge in [-0.05, 0) is 34.4 Å². The Labute approximate surface area is 145 Å². The van der Waals surface area contributed by atoms with E-state index in [0.29, 0.717) is 26.1 Å². The molecule has 0 bridgehead atoms. The lowest BCUT2D eigenvalue weighted by molar-refractivity contribution is -0.133. The first kappa shape index (κ1) is 16.2. The number of aliphatic hydroxyl groups is 1. The van der Waals surface area contributed by atoms with Crippen molar-refractivity contribution in [1.82, 2.24) is 25.1 Å². The third-order valence-electron chi connectivity index (χ3n) is 5.72. The number of benzene rings is 1. The third kappa shape index (κ3) is 2.61. The maximum absolute atomic E-state index is 12.4. The first-order valence-electron chi connectivity index (χ1n) is 8.63. The summed E-state index contributed by atoms with van der Waals surface area (Å²) in [7, 11) is 0. The number of carbonyl (C=O) groups excluding carboxylic acids is 1. The molecule has 25 heavy (non-hydrogen) atoms. The lowest BCUT2D eigenvalue weighted by Gasteiger charge is -2.42. The van der Waals surface area contributed by atoms with Crippen LogP contribution in [0.15, 0.2) is 30.6 Å². The van der Waals surface area contributed by atoms with Gasteiger partial charge in [-0.2, -0.15) is 0 Å². The zero-order valence-corrected chi connectivity index (χ0v) is 14.0. The Bertz CT molecular complexity index is 754. The van der Waals surface area contributed by atoms with Crippen LogP contribution in [0.2, 0.25) is 0 Å². The number of piperidine rings is 1. The highest BCUT2D eigenvalue weighted by molar-refractivity contribution is 5.76. The molecule has 4 rings (SSSR count). The number of fused-ring (bicyclic) bond motifs is 2. The monoisotopic (exact) mass is 342 g/mol. The highest BCUT2D eigenvalue weighted by atomic mass is 16.3.